The second-order valence-corrected chi connectivity index (χ2v) is 6.15. The highest BCUT2D eigenvalue weighted by Crippen LogP contribution is 2.19. The molecule has 8 heteroatoms. The van der Waals surface area contributed by atoms with Crippen LogP contribution in [0.3, 0.4) is 0 Å². The monoisotopic (exact) mass is 408 g/mol. The van der Waals surface area contributed by atoms with E-state index in [1.54, 1.807) is 24.3 Å². The van der Waals surface area contributed by atoms with Crippen molar-refractivity contribution in [2.45, 2.75) is 0 Å². The molecule has 0 saturated heterocycles. The Hall–Kier alpha value is -4.20. The van der Waals surface area contributed by atoms with Gasteiger partial charge in [0.1, 0.15) is 17.1 Å². The summed E-state index contributed by atoms with van der Waals surface area (Å²) >= 11 is 0. The van der Waals surface area contributed by atoms with Crippen LogP contribution in [0, 0.1) is 5.82 Å². The standard InChI is InChI=1S/C22H17FN2O5/c23-14-9-11-15(12-10-14)24-21(28)16-5-1-3-7-18(16)25-20(27)13-30-22(29)17-6-2-4-8-19(17)26/h1-12,26H,13H2,(H,24,28)(H,25,27). The molecule has 0 radical (unpaired) electrons. The molecule has 0 saturated carbocycles. The van der Waals surface area contributed by atoms with E-state index in [1.165, 1.54) is 48.5 Å². The molecule has 0 aliphatic rings. The molecule has 3 aromatic carbocycles. The van der Waals surface area contributed by atoms with Crippen molar-refractivity contribution in [3.05, 3.63) is 89.7 Å². The molecule has 0 aliphatic heterocycles. The molecular weight excluding hydrogens is 391 g/mol. The summed E-state index contributed by atoms with van der Waals surface area (Å²) in [6, 6.07) is 17.3. The Kier molecular flexibility index (Phi) is 6.39. The van der Waals surface area contributed by atoms with Crippen LogP contribution in [0.1, 0.15) is 20.7 Å². The zero-order valence-electron chi connectivity index (χ0n) is 15.6. The number of benzene rings is 3. The molecule has 0 bridgehead atoms. The third-order valence-corrected chi connectivity index (χ3v) is 4.01. The van der Waals surface area contributed by atoms with Gasteiger partial charge in [-0.25, -0.2) is 9.18 Å². The van der Waals surface area contributed by atoms with Crippen LogP contribution in [0.5, 0.6) is 5.75 Å². The summed E-state index contributed by atoms with van der Waals surface area (Å²) < 4.78 is 17.9. The lowest BCUT2D eigenvalue weighted by Gasteiger charge is -2.12. The Morgan fingerprint density at radius 3 is 2.17 bits per heavy atom. The molecule has 152 valence electrons. The highest BCUT2D eigenvalue weighted by molar-refractivity contribution is 6.10. The number of carbonyl (C=O) groups excluding carboxylic acids is 3. The van der Waals surface area contributed by atoms with Gasteiger partial charge in [0, 0.05) is 5.69 Å². The van der Waals surface area contributed by atoms with Gasteiger partial charge in [0.15, 0.2) is 6.61 Å². The molecular formula is C22H17FN2O5. The predicted molar refractivity (Wildman–Crippen MR) is 108 cm³/mol. The largest absolute Gasteiger partial charge is 0.507 e. The van der Waals surface area contributed by atoms with Gasteiger partial charge in [0.05, 0.1) is 11.3 Å². The molecule has 0 aromatic heterocycles. The SMILES string of the molecule is O=C(COC(=O)c1ccccc1O)Nc1ccccc1C(=O)Nc1ccc(F)cc1. The molecule has 3 rings (SSSR count). The number of rotatable bonds is 6. The number of hydrogen-bond acceptors (Lipinski definition) is 5. The van der Waals surface area contributed by atoms with Gasteiger partial charge < -0.3 is 20.5 Å². The van der Waals surface area contributed by atoms with Crippen LogP contribution in [0.2, 0.25) is 0 Å². The fourth-order valence-electron chi connectivity index (χ4n) is 2.56. The number of halogens is 1. The molecule has 2 amide bonds. The van der Waals surface area contributed by atoms with E-state index in [1.807, 2.05) is 0 Å². The lowest BCUT2D eigenvalue weighted by atomic mass is 10.1. The number of para-hydroxylation sites is 2. The van der Waals surface area contributed by atoms with Crippen LogP contribution in [0.4, 0.5) is 15.8 Å². The number of ether oxygens (including phenoxy) is 1. The Labute approximate surface area is 171 Å². The van der Waals surface area contributed by atoms with Crippen molar-refractivity contribution in [3.63, 3.8) is 0 Å². The first kappa shape index (κ1) is 20.5. The maximum atomic E-state index is 13.0. The van der Waals surface area contributed by atoms with Gasteiger partial charge in [-0.3, -0.25) is 9.59 Å². The number of carbonyl (C=O) groups is 3. The van der Waals surface area contributed by atoms with Crippen molar-refractivity contribution >= 4 is 29.2 Å². The summed E-state index contributed by atoms with van der Waals surface area (Å²) in [6.45, 7) is -0.610. The normalized spacial score (nSPS) is 10.2. The number of esters is 1. The fourth-order valence-corrected chi connectivity index (χ4v) is 2.56. The molecule has 0 unspecified atom stereocenters. The topological polar surface area (TPSA) is 105 Å². The van der Waals surface area contributed by atoms with E-state index < -0.39 is 30.2 Å². The van der Waals surface area contributed by atoms with Gasteiger partial charge in [-0.15, -0.1) is 0 Å². The quantitative estimate of drug-likeness (QED) is 0.541. The average molecular weight is 408 g/mol. The minimum Gasteiger partial charge on any atom is -0.507 e. The van der Waals surface area contributed by atoms with E-state index in [4.69, 9.17) is 4.74 Å². The number of nitrogens with one attached hydrogen (secondary N) is 2. The van der Waals surface area contributed by atoms with Gasteiger partial charge in [-0.2, -0.15) is 0 Å². The van der Waals surface area contributed by atoms with Crippen LogP contribution in [-0.2, 0) is 9.53 Å². The minimum atomic E-state index is -0.856. The molecule has 0 heterocycles. The summed E-state index contributed by atoms with van der Waals surface area (Å²) in [7, 11) is 0. The van der Waals surface area contributed by atoms with E-state index in [-0.39, 0.29) is 22.6 Å². The third kappa shape index (κ3) is 5.20. The Balaban J connectivity index is 1.63. The number of hydrogen-bond donors (Lipinski definition) is 3. The first-order valence-electron chi connectivity index (χ1n) is 8.85. The van der Waals surface area contributed by atoms with Gasteiger partial charge in [0.2, 0.25) is 0 Å². The predicted octanol–water partition coefficient (Wildman–Crippen LogP) is 3.58. The number of aromatic hydroxyl groups is 1. The van der Waals surface area contributed by atoms with Crippen molar-refractivity contribution in [2.75, 3.05) is 17.2 Å². The molecule has 30 heavy (non-hydrogen) atoms. The Morgan fingerprint density at radius 1 is 0.833 bits per heavy atom. The molecule has 3 aromatic rings. The zero-order chi connectivity index (χ0) is 21.5. The fraction of sp³-hybridized carbons (Fsp3) is 0.0455. The van der Waals surface area contributed by atoms with E-state index in [2.05, 4.69) is 10.6 Å². The lowest BCUT2D eigenvalue weighted by molar-refractivity contribution is -0.119. The van der Waals surface area contributed by atoms with Gasteiger partial charge >= 0.3 is 5.97 Å². The molecule has 0 aliphatic carbocycles. The van der Waals surface area contributed by atoms with E-state index in [9.17, 15) is 23.9 Å². The van der Waals surface area contributed by atoms with E-state index in [0.29, 0.717) is 5.69 Å². The van der Waals surface area contributed by atoms with Crippen LogP contribution in [0.25, 0.3) is 0 Å². The van der Waals surface area contributed by atoms with Gasteiger partial charge in [-0.05, 0) is 48.5 Å². The Bertz CT molecular complexity index is 1080. The molecule has 7 nitrogen and oxygen atoms in total. The first-order valence-corrected chi connectivity index (χ1v) is 8.85. The summed E-state index contributed by atoms with van der Waals surface area (Å²) in [5.74, 6) is -2.72. The van der Waals surface area contributed by atoms with Crippen LogP contribution in [0.15, 0.2) is 72.8 Å². The summed E-state index contributed by atoms with van der Waals surface area (Å²) in [5, 5.41) is 14.8. The third-order valence-electron chi connectivity index (χ3n) is 4.01. The highest BCUT2D eigenvalue weighted by Gasteiger charge is 2.16. The van der Waals surface area contributed by atoms with Crippen molar-refractivity contribution in [1.82, 2.24) is 0 Å². The smallest absolute Gasteiger partial charge is 0.342 e. The number of phenols is 1. The second-order valence-electron chi connectivity index (χ2n) is 6.15. The van der Waals surface area contributed by atoms with E-state index >= 15 is 0 Å². The van der Waals surface area contributed by atoms with Crippen molar-refractivity contribution in [2.24, 2.45) is 0 Å². The van der Waals surface area contributed by atoms with Crippen molar-refractivity contribution in [3.8, 4) is 5.75 Å². The number of anilines is 2. The van der Waals surface area contributed by atoms with Gasteiger partial charge in [-0.1, -0.05) is 24.3 Å². The van der Waals surface area contributed by atoms with Crippen LogP contribution in [-0.4, -0.2) is 29.5 Å². The molecule has 0 spiro atoms. The van der Waals surface area contributed by atoms with Crippen molar-refractivity contribution in [1.29, 1.82) is 0 Å². The highest BCUT2D eigenvalue weighted by atomic mass is 19.1. The maximum absolute atomic E-state index is 13.0. The number of phenolic OH excluding ortho intramolecular Hbond substituents is 1. The van der Waals surface area contributed by atoms with Crippen molar-refractivity contribution < 1.29 is 28.6 Å². The van der Waals surface area contributed by atoms with Gasteiger partial charge in [0.25, 0.3) is 11.8 Å². The summed E-state index contributed by atoms with van der Waals surface area (Å²) in [6.07, 6.45) is 0. The minimum absolute atomic E-state index is 0.0654. The Morgan fingerprint density at radius 2 is 1.47 bits per heavy atom. The molecule has 0 atom stereocenters. The van der Waals surface area contributed by atoms with Crippen LogP contribution >= 0.6 is 0 Å². The molecule has 0 fully saturated rings. The second kappa shape index (κ2) is 9.33. The summed E-state index contributed by atoms with van der Waals surface area (Å²) in [4.78, 5) is 36.7. The van der Waals surface area contributed by atoms with Crippen LogP contribution < -0.4 is 10.6 Å². The average Bonchev–Trinajstić information content (AvgIpc) is 2.74. The first-order chi connectivity index (χ1) is 14.4. The summed E-state index contributed by atoms with van der Waals surface area (Å²) in [5.41, 5.74) is 0.700. The molecule has 3 N–H and O–H groups in total. The zero-order valence-corrected chi connectivity index (χ0v) is 15.6. The maximum Gasteiger partial charge on any atom is 0.342 e. The lowest BCUT2D eigenvalue weighted by Crippen LogP contribution is -2.23. The number of amides is 2. The van der Waals surface area contributed by atoms with E-state index in [0.717, 1.165) is 0 Å².